The van der Waals surface area contributed by atoms with Crippen LogP contribution in [0, 0.1) is 5.92 Å². The van der Waals surface area contributed by atoms with Crippen molar-refractivity contribution in [1.82, 2.24) is 19.9 Å². The van der Waals surface area contributed by atoms with Gasteiger partial charge in [-0.2, -0.15) is 18.2 Å². The van der Waals surface area contributed by atoms with Crippen LogP contribution in [0.4, 0.5) is 13.2 Å². The molecule has 6 nitrogen and oxygen atoms in total. The molecule has 1 atom stereocenters. The topological polar surface area (TPSA) is 71.4 Å². The van der Waals surface area contributed by atoms with Crippen molar-refractivity contribution in [3.05, 3.63) is 11.7 Å². The molecule has 2 N–H and O–H groups in total. The molecule has 0 bridgehead atoms. The van der Waals surface area contributed by atoms with E-state index in [4.69, 9.17) is 10.3 Å². The van der Waals surface area contributed by atoms with Gasteiger partial charge in [-0.25, -0.2) is 0 Å². The Bertz CT molecular complexity index is 475. The first-order valence-corrected chi connectivity index (χ1v) is 7.42. The van der Waals surface area contributed by atoms with Crippen LogP contribution in [0.1, 0.15) is 25.1 Å². The van der Waals surface area contributed by atoms with Crippen LogP contribution in [0.3, 0.4) is 0 Å². The highest BCUT2D eigenvalue weighted by Crippen LogP contribution is 2.22. The fourth-order valence-electron chi connectivity index (χ4n) is 2.77. The maximum atomic E-state index is 12.5. The zero-order valence-electron chi connectivity index (χ0n) is 13.5. The zero-order valence-corrected chi connectivity index (χ0v) is 15.1. The first-order chi connectivity index (χ1) is 10.4. The van der Waals surface area contributed by atoms with E-state index in [2.05, 4.69) is 15.0 Å². The molecule has 1 saturated heterocycles. The molecule has 2 heterocycles. The van der Waals surface area contributed by atoms with E-state index in [1.165, 1.54) is 4.90 Å². The molecule has 0 amide bonds. The minimum Gasteiger partial charge on any atom is -0.338 e. The minimum atomic E-state index is -4.14. The second-order valence-corrected chi connectivity index (χ2v) is 5.64. The Hall–Kier alpha value is -0.610. The van der Waals surface area contributed by atoms with Crippen molar-refractivity contribution in [2.24, 2.45) is 11.7 Å². The molecule has 0 spiro atoms. The third-order valence-electron chi connectivity index (χ3n) is 3.79. The molecule has 2 rings (SSSR count). The van der Waals surface area contributed by atoms with Gasteiger partial charge in [0.15, 0.2) is 5.82 Å². The van der Waals surface area contributed by atoms with Crippen molar-refractivity contribution in [1.29, 1.82) is 0 Å². The number of likely N-dealkylation sites (tertiary alicyclic amines) is 1. The SMILES string of the molecule is CCN(CC1CCN(Cc2noc(CN)n2)C1)CC(F)(F)F.Cl.Cl. The molecular formula is C13H24Cl2F3N5O. The molecule has 1 fully saturated rings. The smallest absolute Gasteiger partial charge is 0.338 e. The second kappa shape index (κ2) is 10.4. The molecule has 0 saturated carbocycles. The van der Waals surface area contributed by atoms with E-state index >= 15 is 0 Å². The largest absolute Gasteiger partial charge is 0.401 e. The van der Waals surface area contributed by atoms with Gasteiger partial charge in [0.25, 0.3) is 0 Å². The van der Waals surface area contributed by atoms with Crippen molar-refractivity contribution in [2.75, 3.05) is 32.7 Å². The van der Waals surface area contributed by atoms with Gasteiger partial charge >= 0.3 is 6.18 Å². The maximum absolute atomic E-state index is 12.5. The van der Waals surface area contributed by atoms with Crippen LogP contribution in [0.5, 0.6) is 0 Å². The Labute approximate surface area is 151 Å². The Kier molecular flexibility index (Phi) is 10.1. The number of rotatable bonds is 7. The second-order valence-electron chi connectivity index (χ2n) is 5.64. The van der Waals surface area contributed by atoms with Crippen molar-refractivity contribution < 1.29 is 17.7 Å². The van der Waals surface area contributed by atoms with Crippen molar-refractivity contribution in [3.63, 3.8) is 0 Å². The van der Waals surface area contributed by atoms with Gasteiger partial charge in [0.2, 0.25) is 5.89 Å². The predicted octanol–water partition coefficient (Wildman–Crippen LogP) is 2.08. The van der Waals surface area contributed by atoms with E-state index in [0.717, 1.165) is 19.5 Å². The number of nitrogens with zero attached hydrogens (tertiary/aromatic N) is 4. The summed E-state index contributed by atoms with van der Waals surface area (Å²) in [7, 11) is 0. The summed E-state index contributed by atoms with van der Waals surface area (Å²) in [5, 5.41) is 3.83. The number of halogens is 5. The predicted molar refractivity (Wildman–Crippen MR) is 88.2 cm³/mol. The third kappa shape index (κ3) is 7.52. The first-order valence-electron chi connectivity index (χ1n) is 7.42. The molecule has 142 valence electrons. The van der Waals surface area contributed by atoms with Gasteiger partial charge in [-0.1, -0.05) is 12.1 Å². The van der Waals surface area contributed by atoms with E-state index in [1.54, 1.807) is 6.92 Å². The van der Waals surface area contributed by atoms with Crippen LogP contribution in [-0.4, -0.2) is 58.8 Å². The lowest BCUT2D eigenvalue weighted by Crippen LogP contribution is -2.38. The highest BCUT2D eigenvalue weighted by atomic mass is 35.5. The van der Waals surface area contributed by atoms with Gasteiger partial charge in [0.1, 0.15) is 0 Å². The van der Waals surface area contributed by atoms with Gasteiger partial charge in [0.05, 0.1) is 19.6 Å². The van der Waals surface area contributed by atoms with Gasteiger partial charge in [-0.3, -0.25) is 9.80 Å². The molecule has 0 aliphatic carbocycles. The average Bonchev–Trinajstić information content (AvgIpc) is 3.06. The molecule has 0 radical (unpaired) electrons. The maximum Gasteiger partial charge on any atom is 0.401 e. The molecule has 1 aliphatic rings. The van der Waals surface area contributed by atoms with Crippen molar-refractivity contribution in [3.8, 4) is 0 Å². The number of hydrogen-bond acceptors (Lipinski definition) is 6. The van der Waals surface area contributed by atoms with Gasteiger partial charge in [-0.05, 0) is 25.4 Å². The summed E-state index contributed by atoms with van der Waals surface area (Å²) in [6.45, 7) is 4.12. The lowest BCUT2D eigenvalue weighted by atomic mass is 10.1. The highest BCUT2D eigenvalue weighted by Gasteiger charge is 2.32. The lowest BCUT2D eigenvalue weighted by Gasteiger charge is -2.25. The van der Waals surface area contributed by atoms with Gasteiger partial charge in [0, 0.05) is 13.1 Å². The van der Waals surface area contributed by atoms with Crippen LogP contribution in [0.2, 0.25) is 0 Å². The molecule has 24 heavy (non-hydrogen) atoms. The molecule has 11 heteroatoms. The van der Waals surface area contributed by atoms with Crippen LogP contribution in [0.15, 0.2) is 4.52 Å². The van der Waals surface area contributed by atoms with E-state index < -0.39 is 12.7 Å². The van der Waals surface area contributed by atoms with E-state index in [9.17, 15) is 13.2 Å². The summed E-state index contributed by atoms with van der Waals surface area (Å²) in [6, 6.07) is 0. The quantitative estimate of drug-likeness (QED) is 0.764. The molecule has 0 aromatic carbocycles. The van der Waals surface area contributed by atoms with E-state index in [0.29, 0.717) is 31.3 Å². The first kappa shape index (κ1) is 23.4. The lowest BCUT2D eigenvalue weighted by molar-refractivity contribution is -0.146. The fraction of sp³-hybridized carbons (Fsp3) is 0.846. The molecular weight excluding hydrogens is 370 g/mol. The Morgan fingerprint density at radius 1 is 1.38 bits per heavy atom. The summed E-state index contributed by atoms with van der Waals surface area (Å²) < 4.78 is 42.4. The number of nitrogens with two attached hydrogens (primary N) is 1. The van der Waals surface area contributed by atoms with Gasteiger partial charge in [-0.15, -0.1) is 24.8 Å². The molecule has 1 aromatic heterocycles. The van der Waals surface area contributed by atoms with Crippen molar-refractivity contribution in [2.45, 2.75) is 32.6 Å². The van der Waals surface area contributed by atoms with Crippen LogP contribution < -0.4 is 5.73 Å². The average molecular weight is 394 g/mol. The number of hydrogen-bond donors (Lipinski definition) is 1. The van der Waals surface area contributed by atoms with E-state index in [1.807, 2.05) is 0 Å². The molecule has 1 unspecified atom stereocenters. The Morgan fingerprint density at radius 3 is 2.62 bits per heavy atom. The summed E-state index contributed by atoms with van der Waals surface area (Å²) in [6.07, 6.45) is -3.26. The van der Waals surface area contributed by atoms with E-state index in [-0.39, 0.29) is 37.3 Å². The van der Waals surface area contributed by atoms with Gasteiger partial charge < -0.3 is 10.3 Å². The summed E-state index contributed by atoms with van der Waals surface area (Å²) in [5.74, 6) is 1.21. The minimum absolute atomic E-state index is 0. The monoisotopic (exact) mass is 393 g/mol. The van der Waals surface area contributed by atoms with Crippen molar-refractivity contribution >= 4 is 24.8 Å². The molecule has 1 aromatic rings. The highest BCUT2D eigenvalue weighted by molar-refractivity contribution is 5.85. The number of aromatic nitrogens is 2. The summed E-state index contributed by atoms with van der Waals surface area (Å²) in [5.41, 5.74) is 5.41. The number of alkyl halides is 3. The summed E-state index contributed by atoms with van der Waals surface area (Å²) in [4.78, 5) is 7.73. The van der Waals surface area contributed by atoms with Crippen LogP contribution in [0.25, 0.3) is 0 Å². The standard InChI is InChI=1S/C13H22F3N5O.2ClH/c1-2-20(9-13(14,15)16)6-10-3-4-21(7-10)8-11-18-12(5-17)22-19-11;;/h10H,2-9,17H2,1H3;2*1H. The summed E-state index contributed by atoms with van der Waals surface area (Å²) >= 11 is 0. The van der Waals surface area contributed by atoms with Crippen LogP contribution in [-0.2, 0) is 13.1 Å². The fourth-order valence-corrected chi connectivity index (χ4v) is 2.77. The van der Waals surface area contributed by atoms with Crippen LogP contribution >= 0.6 is 24.8 Å². The Balaban J connectivity index is 0.00000264. The zero-order chi connectivity index (χ0) is 16.2. The normalized spacial score (nSPS) is 18.5. The Morgan fingerprint density at radius 2 is 2.08 bits per heavy atom. The third-order valence-corrected chi connectivity index (χ3v) is 3.79. The molecule has 1 aliphatic heterocycles.